The Balaban J connectivity index is 1.81. The van der Waals surface area contributed by atoms with Gasteiger partial charge >= 0.3 is 7.60 Å². The molecular formula is C17H18N3O4P. The topological polar surface area (TPSA) is 105 Å². The van der Waals surface area contributed by atoms with Gasteiger partial charge in [-0.3, -0.25) is 4.57 Å². The molecule has 130 valence electrons. The van der Waals surface area contributed by atoms with Gasteiger partial charge in [-0.15, -0.1) is 0 Å². The maximum Gasteiger partial charge on any atom is 0.325 e. The molecule has 3 N–H and O–H groups in total. The summed E-state index contributed by atoms with van der Waals surface area (Å²) in [5, 5.41) is 4.08. The Hall–Kier alpha value is -2.47. The molecule has 0 fully saturated rings. The number of aromatic nitrogens is 2. The molecule has 0 aliphatic rings. The van der Waals surface area contributed by atoms with E-state index in [1.807, 2.05) is 42.5 Å². The number of nitrogens with zero attached hydrogens (tertiary/aromatic N) is 2. The zero-order valence-electron chi connectivity index (χ0n) is 13.6. The van der Waals surface area contributed by atoms with E-state index in [-0.39, 0.29) is 6.16 Å². The number of ether oxygens (including phenoxy) is 1. The van der Waals surface area contributed by atoms with Gasteiger partial charge in [0.25, 0.3) is 0 Å². The summed E-state index contributed by atoms with van der Waals surface area (Å²) < 4.78 is 16.3. The van der Waals surface area contributed by atoms with Crippen LogP contribution in [0.1, 0.15) is 5.56 Å². The summed E-state index contributed by atoms with van der Waals surface area (Å²) >= 11 is 0. The molecule has 0 amide bonds. The van der Waals surface area contributed by atoms with Crippen LogP contribution in [0.2, 0.25) is 0 Å². The Morgan fingerprint density at radius 2 is 1.88 bits per heavy atom. The maximum atomic E-state index is 10.9. The van der Waals surface area contributed by atoms with E-state index in [0.717, 1.165) is 22.2 Å². The molecule has 3 rings (SSSR count). The fraction of sp³-hybridized carbons (Fsp3) is 0.176. The van der Waals surface area contributed by atoms with Crippen LogP contribution in [0.15, 0.2) is 48.8 Å². The summed E-state index contributed by atoms with van der Waals surface area (Å²) in [6.45, 7) is 0. The fourth-order valence-electron chi connectivity index (χ4n) is 2.49. The first-order chi connectivity index (χ1) is 12.0. The van der Waals surface area contributed by atoms with Crippen LogP contribution in [0.25, 0.3) is 10.9 Å². The number of aryl methyl sites for hydroxylation is 1. The molecule has 0 saturated heterocycles. The van der Waals surface area contributed by atoms with Crippen LogP contribution >= 0.6 is 7.60 Å². The maximum absolute atomic E-state index is 10.9. The number of rotatable bonds is 6. The lowest BCUT2D eigenvalue weighted by Crippen LogP contribution is -1.98. The molecule has 7 nitrogen and oxygen atoms in total. The third-order valence-electron chi connectivity index (χ3n) is 3.76. The fourth-order valence-corrected chi connectivity index (χ4v) is 3.04. The van der Waals surface area contributed by atoms with Crippen LogP contribution in [-0.2, 0) is 11.0 Å². The molecule has 0 aliphatic carbocycles. The minimum Gasteiger partial charge on any atom is -0.494 e. The van der Waals surface area contributed by atoms with Crippen molar-refractivity contribution in [2.75, 3.05) is 18.6 Å². The number of methoxy groups -OCH3 is 1. The predicted molar refractivity (Wildman–Crippen MR) is 96.4 cm³/mol. The normalized spacial score (nSPS) is 11.5. The van der Waals surface area contributed by atoms with E-state index in [2.05, 4.69) is 15.3 Å². The van der Waals surface area contributed by atoms with Gasteiger partial charge in [-0.25, -0.2) is 9.97 Å². The van der Waals surface area contributed by atoms with Gasteiger partial charge in [0.15, 0.2) is 0 Å². The van der Waals surface area contributed by atoms with Crippen molar-refractivity contribution in [1.29, 1.82) is 0 Å². The smallest absolute Gasteiger partial charge is 0.325 e. The van der Waals surface area contributed by atoms with Crippen molar-refractivity contribution >= 4 is 30.0 Å². The first-order valence-corrected chi connectivity index (χ1v) is 9.44. The number of benzene rings is 2. The van der Waals surface area contributed by atoms with Crippen molar-refractivity contribution in [3.05, 3.63) is 54.4 Å². The molecule has 1 heterocycles. The summed E-state index contributed by atoms with van der Waals surface area (Å²) in [5.41, 5.74) is 2.41. The molecule has 0 spiro atoms. The molecule has 2 aromatic carbocycles. The molecule has 25 heavy (non-hydrogen) atoms. The summed E-state index contributed by atoms with van der Waals surface area (Å²) in [6.07, 6.45) is 1.65. The van der Waals surface area contributed by atoms with Crippen LogP contribution in [0.3, 0.4) is 0 Å². The summed E-state index contributed by atoms with van der Waals surface area (Å²) in [7, 11) is -2.38. The Bertz CT molecular complexity index is 925. The number of para-hydroxylation sites is 1. The van der Waals surface area contributed by atoms with Gasteiger partial charge in [0.1, 0.15) is 23.4 Å². The molecular weight excluding hydrogens is 341 g/mol. The molecule has 0 radical (unpaired) electrons. The largest absolute Gasteiger partial charge is 0.494 e. The Kier molecular flexibility index (Phi) is 4.99. The van der Waals surface area contributed by atoms with Crippen LogP contribution < -0.4 is 10.1 Å². The zero-order chi connectivity index (χ0) is 17.9. The SMILES string of the molecule is COc1cccc2c(Nc3ccc(CCP(=O)(O)O)cc3)ncnc12. The van der Waals surface area contributed by atoms with Gasteiger partial charge in [-0.05, 0) is 36.2 Å². The van der Waals surface area contributed by atoms with E-state index in [4.69, 9.17) is 14.5 Å². The second-order valence-electron chi connectivity index (χ2n) is 5.54. The second kappa shape index (κ2) is 7.19. The lowest BCUT2D eigenvalue weighted by atomic mass is 10.1. The van der Waals surface area contributed by atoms with E-state index < -0.39 is 7.60 Å². The quantitative estimate of drug-likeness (QED) is 0.581. The molecule has 0 bridgehead atoms. The Labute approximate surface area is 144 Å². The van der Waals surface area contributed by atoms with Gasteiger partial charge in [0.05, 0.1) is 13.3 Å². The Morgan fingerprint density at radius 3 is 2.56 bits per heavy atom. The average molecular weight is 359 g/mol. The highest BCUT2D eigenvalue weighted by Gasteiger charge is 2.12. The average Bonchev–Trinajstić information content (AvgIpc) is 2.60. The third kappa shape index (κ3) is 4.33. The molecule has 1 aromatic heterocycles. The second-order valence-corrected chi connectivity index (χ2v) is 7.32. The molecule has 0 unspecified atom stereocenters. The van der Waals surface area contributed by atoms with Crippen LogP contribution in [0, 0.1) is 0 Å². The van der Waals surface area contributed by atoms with Crippen LogP contribution in [-0.4, -0.2) is 33.0 Å². The number of hydrogen-bond acceptors (Lipinski definition) is 5. The number of fused-ring (bicyclic) bond motifs is 1. The minimum absolute atomic E-state index is 0.157. The lowest BCUT2D eigenvalue weighted by Gasteiger charge is -2.11. The highest BCUT2D eigenvalue weighted by molar-refractivity contribution is 7.51. The molecule has 0 aliphatic heterocycles. The van der Waals surface area contributed by atoms with Gasteiger partial charge in [-0.2, -0.15) is 0 Å². The van der Waals surface area contributed by atoms with Gasteiger partial charge in [0, 0.05) is 11.1 Å². The zero-order valence-corrected chi connectivity index (χ0v) is 14.5. The van der Waals surface area contributed by atoms with E-state index in [1.165, 1.54) is 6.33 Å². The van der Waals surface area contributed by atoms with Crippen molar-refractivity contribution in [3.8, 4) is 5.75 Å². The Morgan fingerprint density at radius 1 is 1.12 bits per heavy atom. The van der Waals surface area contributed by atoms with Gasteiger partial charge < -0.3 is 19.8 Å². The summed E-state index contributed by atoms with van der Waals surface area (Å²) in [6, 6.07) is 13.0. The number of anilines is 2. The van der Waals surface area contributed by atoms with Crippen molar-refractivity contribution in [2.24, 2.45) is 0 Å². The molecule has 0 saturated carbocycles. The highest BCUT2D eigenvalue weighted by atomic mass is 31.2. The molecule has 3 aromatic rings. The lowest BCUT2D eigenvalue weighted by molar-refractivity contribution is 0.373. The first kappa shape index (κ1) is 17.4. The summed E-state index contributed by atoms with van der Waals surface area (Å²) in [4.78, 5) is 26.4. The van der Waals surface area contributed by atoms with Gasteiger partial charge in [0.2, 0.25) is 0 Å². The highest BCUT2D eigenvalue weighted by Crippen LogP contribution is 2.35. The standard InChI is InChI=1S/C17H18N3O4P/c1-24-15-4-2-3-14-16(15)18-11-19-17(14)20-13-7-5-12(6-8-13)9-10-25(21,22)23/h2-8,11H,9-10H2,1H3,(H,18,19,20)(H2,21,22,23). The van der Waals surface area contributed by atoms with Crippen LogP contribution in [0.4, 0.5) is 11.5 Å². The van der Waals surface area contributed by atoms with E-state index in [1.54, 1.807) is 7.11 Å². The number of nitrogens with one attached hydrogen (secondary N) is 1. The molecule has 8 heteroatoms. The van der Waals surface area contributed by atoms with Crippen molar-refractivity contribution in [3.63, 3.8) is 0 Å². The van der Waals surface area contributed by atoms with Crippen molar-refractivity contribution < 1.29 is 19.1 Å². The third-order valence-corrected chi connectivity index (χ3v) is 4.56. The van der Waals surface area contributed by atoms with E-state index in [9.17, 15) is 4.57 Å². The monoisotopic (exact) mass is 359 g/mol. The first-order valence-electron chi connectivity index (χ1n) is 7.64. The van der Waals surface area contributed by atoms with Crippen LogP contribution in [0.5, 0.6) is 5.75 Å². The van der Waals surface area contributed by atoms with Gasteiger partial charge in [-0.1, -0.05) is 18.2 Å². The number of hydrogen-bond donors (Lipinski definition) is 3. The van der Waals surface area contributed by atoms with Crippen molar-refractivity contribution in [1.82, 2.24) is 9.97 Å². The van der Waals surface area contributed by atoms with E-state index in [0.29, 0.717) is 18.0 Å². The molecule has 0 atom stereocenters. The minimum atomic E-state index is -3.98. The predicted octanol–water partition coefficient (Wildman–Crippen LogP) is 3.10. The van der Waals surface area contributed by atoms with E-state index >= 15 is 0 Å². The summed E-state index contributed by atoms with van der Waals surface area (Å²) in [5.74, 6) is 1.34. The van der Waals surface area contributed by atoms with Crippen molar-refractivity contribution in [2.45, 2.75) is 6.42 Å².